The van der Waals surface area contributed by atoms with E-state index < -0.39 is 28.8 Å². The highest BCUT2D eigenvalue weighted by molar-refractivity contribution is 6.32. The van der Waals surface area contributed by atoms with Gasteiger partial charge in [0.2, 0.25) is 0 Å². The molecular weight excluding hydrogens is 275 g/mol. The van der Waals surface area contributed by atoms with Gasteiger partial charge in [-0.1, -0.05) is 11.6 Å². The van der Waals surface area contributed by atoms with Gasteiger partial charge in [-0.2, -0.15) is 13.2 Å². The number of rotatable bonds is 3. The molecule has 18 heavy (non-hydrogen) atoms. The number of carboxylic acids is 1. The van der Waals surface area contributed by atoms with E-state index in [9.17, 15) is 18.0 Å². The number of hydrogen-bond donors (Lipinski definition) is 2. The van der Waals surface area contributed by atoms with Crippen molar-refractivity contribution in [2.45, 2.75) is 12.2 Å². The van der Waals surface area contributed by atoms with Gasteiger partial charge in [0.1, 0.15) is 11.8 Å². The number of alkyl halides is 3. The quantitative estimate of drug-likeness (QED) is 0.894. The van der Waals surface area contributed by atoms with Gasteiger partial charge in [-0.05, 0) is 12.1 Å². The summed E-state index contributed by atoms with van der Waals surface area (Å²) in [5.74, 6) is -1.74. The number of ether oxygens (including phenoxy) is 1. The zero-order chi connectivity index (χ0) is 14.1. The molecule has 1 aromatic rings. The fourth-order valence-corrected chi connectivity index (χ4v) is 1.68. The van der Waals surface area contributed by atoms with E-state index in [1.165, 1.54) is 0 Å². The van der Waals surface area contributed by atoms with Crippen molar-refractivity contribution >= 4 is 17.6 Å². The SMILES string of the molecule is COc1cc(C(F)(F)F)cc(Cl)c1C(N)C(=O)O. The first-order valence-electron chi connectivity index (χ1n) is 4.61. The van der Waals surface area contributed by atoms with Crippen molar-refractivity contribution in [3.8, 4) is 5.75 Å². The summed E-state index contributed by atoms with van der Waals surface area (Å²) in [7, 11) is 1.10. The standard InChI is InChI=1S/C10H9ClF3NO3/c1-18-6-3-4(10(12,13)14)2-5(11)7(6)8(15)9(16)17/h2-3,8H,15H2,1H3,(H,16,17). The van der Waals surface area contributed by atoms with Crippen LogP contribution in [0.4, 0.5) is 13.2 Å². The van der Waals surface area contributed by atoms with Crippen LogP contribution in [0.25, 0.3) is 0 Å². The Balaban J connectivity index is 3.42. The molecule has 0 heterocycles. The molecule has 1 unspecified atom stereocenters. The molecule has 0 saturated carbocycles. The lowest BCUT2D eigenvalue weighted by molar-refractivity contribution is -0.138. The van der Waals surface area contributed by atoms with Crippen molar-refractivity contribution in [3.63, 3.8) is 0 Å². The molecule has 0 aliphatic rings. The van der Waals surface area contributed by atoms with E-state index >= 15 is 0 Å². The Bertz CT molecular complexity index is 476. The van der Waals surface area contributed by atoms with E-state index in [0.717, 1.165) is 7.11 Å². The average molecular weight is 284 g/mol. The van der Waals surface area contributed by atoms with Crippen molar-refractivity contribution in [1.82, 2.24) is 0 Å². The molecule has 4 nitrogen and oxygen atoms in total. The molecule has 0 aliphatic carbocycles. The van der Waals surface area contributed by atoms with Crippen molar-refractivity contribution < 1.29 is 27.8 Å². The molecule has 3 N–H and O–H groups in total. The minimum absolute atomic E-state index is 0.195. The summed E-state index contributed by atoms with van der Waals surface area (Å²) in [5.41, 5.74) is 4.10. The van der Waals surface area contributed by atoms with E-state index in [2.05, 4.69) is 0 Å². The first-order chi connectivity index (χ1) is 8.18. The minimum Gasteiger partial charge on any atom is -0.496 e. The highest BCUT2D eigenvalue weighted by Gasteiger charge is 2.33. The zero-order valence-corrected chi connectivity index (χ0v) is 9.84. The maximum absolute atomic E-state index is 12.5. The Morgan fingerprint density at radius 2 is 2.06 bits per heavy atom. The van der Waals surface area contributed by atoms with Crippen molar-refractivity contribution in [1.29, 1.82) is 0 Å². The lowest BCUT2D eigenvalue weighted by Crippen LogP contribution is -2.22. The highest BCUT2D eigenvalue weighted by Crippen LogP contribution is 2.39. The fraction of sp³-hybridized carbons (Fsp3) is 0.300. The molecule has 0 bridgehead atoms. The number of carboxylic acid groups (broad SMARTS) is 1. The topological polar surface area (TPSA) is 72.5 Å². The molecule has 0 saturated heterocycles. The van der Waals surface area contributed by atoms with Crippen LogP contribution in [0, 0.1) is 0 Å². The van der Waals surface area contributed by atoms with Gasteiger partial charge in [0, 0.05) is 5.56 Å². The van der Waals surface area contributed by atoms with Crippen LogP contribution in [0.3, 0.4) is 0 Å². The summed E-state index contributed by atoms with van der Waals surface area (Å²) >= 11 is 5.63. The molecule has 0 amide bonds. The molecule has 8 heteroatoms. The van der Waals surface area contributed by atoms with Gasteiger partial charge in [0.25, 0.3) is 0 Å². The predicted octanol–water partition coefficient (Wildman–Crippen LogP) is 2.45. The Labute approximate surface area is 105 Å². The summed E-state index contributed by atoms with van der Waals surface area (Å²) in [6.45, 7) is 0. The molecular formula is C10H9ClF3NO3. The monoisotopic (exact) mass is 283 g/mol. The van der Waals surface area contributed by atoms with Crippen molar-refractivity contribution in [3.05, 3.63) is 28.3 Å². The van der Waals surface area contributed by atoms with Crippen molar-refractivity contribution in [2.75, 3.05) is 7.11 Å². The third-order valence-electron chi connectivity index (χ3n) is 2.22. The van der Waals surface area contributed by atoms with Crippen LogP contribution >= 0.6 is 11.6 Å². The summed E-state index contributed by atoms with van der Waals surface area (Å²) in [6, 6.07) is -0.290. The van der Waals surface area contributed by atoms with Crippen LogP contribution in [0.2, 0.25) is 5.02 Å². The molecule has 1 atom stereocenters. The Hall–Kier alpha value is -1.47. The fourth-order valence-electron chi connectivity index (χ4n) is 1.35. The largest absolute Gasteiger partial charge is 0.496 e. The molecule has 0 radical (unpaired) electrons. The summed E-state index contributed by atoms with van der Waals surface area (Å²) in [5, 5.41) is 8.34. The minimum atomic E-state index is -4.61. The number of benzene rings is 1. The first kappa shape index (κ1) is 14.6. The number of hydrogen-bond acceptors (Lipinski definition) is 3. The summed E-state index contributed by atoms with van der Waals surface area (Å²) < 4.78 is 42.2. The lowest BCUT2D eigenvalue weighted by Gasteiger charge is -2.16. The van der Waals surface area contributed by atoms with Crippen LogP contribution < -0.4 is 10.5 Å². The van der Waals surface area contributed by atoms with E-state index in [-0.39, 0.29) is 11.3 Å². The van der Waals surface area contributed by atoms with Gasteiger partial charge in [0.05, 0.1) is 17.7 Å². The van der Waals surface area contributed by atoms with E-state index in [0.29, 0.717) is 12.1 Å². The normalized spacial score (nSPS) is 13.2. The van der Waals surface area contributed by atoms with Gasteiger partial charge in [-0.3, -0.25) is 4.79 Å². The third-order valence-corrected chi connectivity index (χ3v) is 2.53. The molecule has 0 aliphatic heterocycles. The molecule has 1 aromatic carbocycles. The maximum atomic E-state index is 12.5. The van der Waals surface area contributed by atoms with E-state index in [1.54, 1.807) is 0 Å². The van der Waals surface area contributed by atoms with Gasteiger partial charge in [-0.25, -0.2) is 0 Å². The van der Waals surface area contributed by atoms with Gasteiger partial charge in [0.15, 0.2) is 0 Å². The zero-order valence-electron chi connectivity index (χ0n) is 9.08. The smallest absolute Gasteiger partial charge is 0.416 e. The number of aliphatic carboxylic acids is 1. The van der Waals surface area contributed by atoms with Crippen LogP contribution in [-0.4, -0.2) is 18.2 Å². The average Bonchev–Trinajstić information content (AvgIpc) is 2.25. The summed E-state index contributed by atoms with van der Waals surface area (Å²) in [4.78, 5) is 10.7. The lowest BCUT2D eigenvalue weighted by atomic mass is 10.0. The first-order valence-corrected chi connectivity index (χ1v) is 4.99. The second-order valence-electron chi connectivity index (χ2n) is 3.39. The van der Waals surface area contributed by atoms with E-state index in [4.69, 9.17) is 27.2 Å². The van der Waals surface area contributed by atoms with Gasteiger partial charge in [-0.15, -0.1) is 0 Å². The number of halogens is 4. The van der Waals surface area contributed by atoms with E-state index in [1.807, 2.05) is 0 Å². The molecule has 100 valence electrons. The number of methoxy groups -OCH3 is 1. The Kier molecular flexibility index (Phi) is 4.08. The Morgan fingerprint density at radius 1 is 1.50 bits per heavy atom. The molecule has 0 fully saturated rings. The van der Waals surface area contributed by atoms with Crippen LogP contribution in [0.15, 0.2) is 12.1 Å². The second kappa shape index (κ2) is 5.03. The Morgan fingerprint density at radius 3 is 2.44 bits per heavy atom. The van der Waals surface area contributed by atoms with Crippen LogP contribution in [0.1, 0.15) is 17.2 Å². The maximum Gasteiger partial charge on any atom is 0.416 e. The molecule has 1 rings (SSSR count). The number of nitrogens with two attached hydrogens (primary N) is 1. The van der Waals surface area contributed by atoms with Crippen LogP contribution in [0.5, 0.6) is 5.75 Å². The molecule has 0 spiro atoms. The second-order valence-corrected chi connectivity index (χ2v) is 3.79. The van der Waals surface area contributed by atoms with Gasteiger partial charge < -0.3 is 15.6 Å². The highest BCUT2D eigenvalue weighted by atomic mass is 35.5. The third kappa shape index (κ3) is 2.85. The van der Waals surface area contributed by atoms with Crippen molar-refractivity contribution in [2.24, 2.45) is 5.73 Å². The van der Waals surface area contributed by atoms with Crippen LogP contribution in [-0.2, 0) is 11.0 Å². The predicted molar refractivity (Wildman–Crippen MR) is 57.6 cm³/mol. The molecule has 0 aromatic heterocycles. The number of carbonyl (C=O) groups is 1. The summed E-state index contributed by atoms with van der Waals surface area (Å²) in [6.07, 6.45) is -4.61. The van der Waals surface area contributed by atoms with Gasteiger partial charge >= 0.3 is 12.1 Å².